The first kappa shape index (κ1) is 14.2. The van der Waals surface area contributed by atoms with Crippen molar-refractivity contribution in [2.75, 3.05) is 6.54 Å². The smallest absolute Gasteiger partial charge is 0.0625 e. The van der Waals surface area contributed by atoms with Gasteiger partial charge < -0.3 is 5.32 Å². The third-order valence-electron chi connectivity index (χ3n) is 2.97. The van der Waals surface area contributed by atoms with Gasteiger partial charge in [0.15, 0.2) is 0 Å². The molecule has 0 fully saturated rings. The molecule has 1 unspecified atom stereocenters. The minimum atomic E-state index is 0.218. The minimum Gasteiger partial charge on any atom is -0.312 e. The molecule has 0 aliphatic rings. The molecule has 0 aromatic carbocycles. The first-order valence-corrected chi connectivity index (χ1v) is 6.71. The summed E-state index contributed by atoms with van der Waals surface area (Å²) in [7, 11) is 0. The fraction of sp³-hybridized carbons (Fsp3) is 0.786. The Kier molecular flexibility index (Phi) is 5.19. The second-order valence-corrected chi connectivity index (χ2v) is 5.82. The molecule has 0 amide bonds. The van der Waals surface area contributed by atoms with Gasteiger partial charge in [0.05, 0.1) is 5.69 Å². The summed E-state index contributed by atoms with van der Waals surface area (Å²) >= 11 is 0. The predicted octanol–water partition coefficient (Wildman–Crippen LogP) is 3.17. The molecule has 0 radical (unpaired) electrons. The summed E-state index contributed by atoms with van der Waals surface area (Å²) in [5.74, 6) is 0. The number of hydrogen-bond donors (Lipinski definition) is 1. The lowest BCUT2D eigenvalue weighted by Gasteiger charge is -2.20. The zero-order chi connectivity index (χ0) is 12.9. The van der Waals surface area contributed by atoms with Crippen molar-refractivity contribution in [1.82, 2.24) is 15.1 Å². The summed E-state index contributed by atoms with van der Waals surface area (Å²) in [5, 5.41) is 8.10. The van der Waals surface area contributed by atoms with Crippen LogP contribution in [0.2, 0.25) is 0 Å². The standard InChI is InChI=1S/C14H27N3/c1-6-12(2)17-11-9-13(16-17)8-7-10-15-14(3,4)5/h9,11-12,15H,6-8,10H2,1-5H3. The van der Waals surface area contributed by atoms with Crippen molar-refractivity contribution in [3.63, 3.8) is 0 Å². The Morgan fingerprint density at radius 1 is 1.41 bits per heavy atom. The van der Waals surface area contributed by atoms with Crippen molar-refractivity contribution >= 4 is 0 Å². The Labute approximate surface area is 106 Å². The van der Waals surface area contributed by atoms with Crippen molar-refractivity contribution < 1.29 is 0 Å². The van der Waals surface area contributed by atoms with Gasteiger partial charge in [-0.1, -0.05) is 6.92 Å². The molecular formula is C14H27N3. The zero-order valence-electron chi connectivity index (χ0n) is 12.0. The fourth-order valence-electron chi connectivity index (χ4n) is 1.68. The predicted molar refractivity (Wildman–Crippen MR) is 73.3 cm³/mol. The summed E-state index contributed by atoms with van der Waals surface area (Å²) < 4.78 is 2.08. The topological polar surface area (TPSA) is 29.9 Å². The van der Waals surface area contributed by atoms with Gasteiger partial charge in [0.2, 0.25) is 0 Å². The molecule has 1 aromatic rings. The number of hydrogen-bond acceptors (Lipinski definition) is 2. The van der Waals surface area contributed by atoms with Gasteiger partial charge in [-0.3, -0.25) is 4.68 Å². The number of aromatic nitrogens is 2. The molecule has 0 bridgehead atoms. The highest BCUT2D eigenvalue weighted by Crippen LogP contribution is 2.10. The maximum Gasteiger partial charge on any atom is 0.0625 e. The molecule has 0 aliphatic carbocycles. The van der Waals surface area contributed by atoms with Crippen molar-refractivity contribution in [3.8, 4) is 0 Å². The van der Waals surface area contributed by atoms with Crippen LogP contribution in [0.4, 0.5) is 0 Å². The van der Waals surface area contributed by atoms with E-state index in [4.69, 9.17) is 0 Å². The number of nitrogens with one attached hydrogen (secondary N) is 1. The van der Waals surface area contributed by atoms with E-state index in [0.717, 1.165) is 25.8 Å². The molecule has 3 heteroatoms. The van der Waals surface area contributed by atoms with Gasteiger partial charge in [-0.25, -0.2) is 0 Å². The number of aryl methyl sites for hydroxylation is 1. The van der Waals surface area contributed by atoms with Crippen LogP contribution in [0.25, 0.3) is 0 Å². The van der Waals surface area contributed by atoms with Gasteiger partial charge in [-0.2, -0.15) is 5.10 Å². The lowest BCUT2D eigenvalue weighted by Crippen LogP contribution is -2.36. The average molecular weight is 237 g/mol. The van der Waals surface area contributed by atoms with E-state index >= 15 is 0 Å². The van der Waals surface area contributed by atoms with E-state index in [0.29, 0.717) is 6.04 Å². The summed E-state index contributed by atoms with van der Waals surface area (Å²) in [6.07, 6.45) is 5.44. The van der Waals surface area contributed by atoms with Gasteiger partial charge in [-0.15, -0.1) is 0 Å². The van der Waals surface area contributed by atoms with Gasteiger partial charge in [-0.05, 0) is 59.6 Å². The first-order chi connectivity index (χ1) is 7.92. The Hall–Kier alpha value is -0.830. The van der Waals surface area contributed by atoms with Gasteiger partial charge in [0.25, 0.3) is 0 Å². The molecule has 3 nitrogen and oxygen atoms in total. The largest absolute Gasteiger partial charge is 0.312 e. The van der Waals surface area contributed by atoms with Crippen LogP contribution in [0, 0.1) is 0 Å². The van der Waals surface area contributed by atoms with E-state index in [-0.39, 0.29) is 5.54 Å². The molecule has 98 valence electrons. The Balaban J connectivity index is 2.30. The molecule has 0 saturated heterocycles. The Morgan fingerprint density at radius 3 is 2.71 bits per heavy atom. The van der Waals surface area contributed by atoms with Crippen molar-refractivity contribution in [1.29, 1.82) is 0 Å². The Morgan fingerprint density at radius 2 is 2.12 bits per heavy atom. The van der Waals surface area contributed by atoms with Crippen molar-refractivity contribution in [3.05, 3.63) is 18.0 Å². The third kappa shape index (κ3) is 5.35. The highest BCUT2D eigenvalue weighted by molar-refractivity contribution is 4.99. The van der Waals surface area contributed by atoms with Gasteiger partial charge in [0.1, 0.15) is 0 Å². The van der Waals surface area contributed by atoms with Gasteiger partial charge >= 0.3 is 0 Å². The molecule has 0 saturated carbocycles. The van der Waals surface area contributed by atoms with Crippen LogP contribution in [-0.2, 0) is 6.42 Å². The second kappa shape index (κ2) is 6.20. The van der Waals surface area contributed by atoms with E-state index in [2.05, 4.69) is 62.0 Å². The zero-order valence-corrected chi connectivity index (χ0v) is 12.0. The van der Waals surface area contributed by atoms with Crippen LogP contribution < -0.4 is 5.32 Å². The van der Waals surface area contributed by atoms with Crippen molar-refractivity contribution in [2.45, 2.75) is 65.5 Å². The van der Waals surface area contributed by atoms with Crippen LogP contribution in [0.1, 0.15) is 59.2 Å². The highest BCUT2D eigenvalue weighted by atomic mass is 15.3. The molecule has 17 heavy (non-hydrogen) atoms. The number of nitrogens with zero attached hydrogens (tertiary/aromatic N) is 2. The van der Waals surface area contributed by atoms with Crippen LogP contribution in [0.5, 0.6) is 0 Å². The molecule has 1 aromatic heterocycles. The fourth-order valence-corrected chi connectivity index (χ4v) is 1.68. The lowest BCUT2D eigenvalue weighted by atomic mass is 10.1. The monoisotopic (exact) mass is 237 g/mol. The summed E-state index contributed by atoms with van der Waals surface area (Å²) in [6, 6.07) is 2.65. The molecule has 1 rings (SSSR count). The molecule has 1 atom stereocenters. The van der Waals surface area contributed by atoms with E-state index in [1.54, 1.807) is 0 Å². The molecule has 0 aliphatic heterocycles. The van der Waals surface area contributed by atoms with Crippen LogP contribution >= 0.6 is 0 Å². The van der Waals surface area contributed by atoms with Crippen molar-refractivity contribution in [2.24, 2.45) is 0 Å². The van der Waals surface area contributed by atoms with E-state index in [1.807, 2.05) is 0 Å². The summed E-state index contributed by atoms with van der Waals surface area (Å²) in [6.45, 7) is 12.1. The lowest BCUT2D eigenvalue weighted by molar-refractivity contribution is 0.420. The van der Waals surface area contributed by atoms with Gasteiger partial charge in [0, 0.05) is 17.8 Å². The molecule has 1 N–H and O–H groups in total. The number of rotatable bonds is 6. The molecule has 0 spiro atoms. The SMILES string of the molecule is CCC(C)n1ccc(CCCNC(C)(C)C)n1. The quantitative estimate of drug-likeness (QED) is 0.770. The molecular weight excluding hydrogens is 210 g/mol. The van der Waals surface area contributed by atoms with Crippen LogP contribution in [0.15, 0.2) is 12.3 Å². The van der Waals surface area contributed by atoms with E-state index in [9.17, 15) is 0 Å². The van der Waals surface area contributed by atoms with E-state index < -0.39 is 0 Å². The molecule has 1 heterocycles. The third-order valence-corrected chi connectivity index (χ3v) is 2.97. The first-order valence-electron chi connectivity index (χ1n) is 6.71. The van der Waals surface area contributed by atoms with Crippen LogP contribution in [-0.4, -0.2) is 21.9 Å². The van der Waals surface area contributed by atoms with Crippen LogP contribution in [0.3, 0.4) is 0 Å². The average Bonchev–Trinajstić information content (AvgIpc) is 2.70. The normalized spacial score (nSPS) is 13.9. The second-order valence-electron chi connectivity index (χ2n) is 5.82. The Bertz CT molecular complexity index is 322. The minimum absolute atomic E-state index is 0.218. The summed E-state index contributed by atoms with van der Waals surface area (Å²) in [4.78, 5) is 0. The maximum absolute atomic E-state index is 4.60. The highest BCUT2D eigenvalue weighted by Gasteiger charge is 2.08. The summed E-state index contributed by atoms with van der Waals surface area (Å²) in [5.41, 5.74) is 1.43. The van der Waals surface area contributed by atoms with E-state index in [1.165, 1.54) is 5.69 Å². The maximum atomic E-state index is 4.60.